The standard InChI is InChI=1S/C15H11ClN2O2/c1-8-5-6-9(7-11(8)16)14-17-12-4-2-3-10(15(19)20)13(12)18-14/h2-7H,1H3,(H,17,18)(H,19,20). The van der Waals surface area contributed by atoms with Gasteiger partial charge in [-0.15, -0.1) is 0 Å². The molecular formula is C15H11ClN2O2. The molecule has 0 aliphatic heterocycles. The molecule has 0 aliphatic rings. The van der Waals surface area contributed by atoms with Gasteiger partial charge in [-0.25, -0.2) is 9.78 Å². The lowest BCUT2D eigenvalue weighted by atomic mass is 10.1. The minimum atomic E-state index is -0.990. The highest BCUT2D eigenvalue weighted by Gasteiger charge is 2.13. The molecule has 100 valence electrons. The first-order valence-corrected chi connectivity index (χ1v) is 6.42. The predicted molar refractivity (Wildman–Crippen MR) is 78.2 cm³/mol. The van der Waals surface area contributed by atoms with Crippen LogP contribution in [0.4, 0.5) is 0 Å². The minimum absolute atomic E-state index is 0.184. The van der Waals surface area contributed by atoms with E-state index in [1.165, 1.54) is 6.07 Å². The van der Waals surface area contributed by atoms with Crippen LogP contribution in [0.2, 0.25) is 5.02 Å². The number of nitrogens with one attached hydrogen (secondary N) is 1. The average molecular weight is 287 g/mol. The van der Waals surface area contributed by atoms with Crippen LogP contribution in [0.3, 0.4) is 0 Å². The third-order valence-electron chi connectivity index (χ3n) is 3.19. The van der Waals surface area contributed by atoms with Gasteiger partial charge in [-0.05, 0) is 30.7 Å². The van der Waals surface area contributed by atoms with Crippen LogP contribution >= 0.6 is 11.6 Å². The molecule has 4 nitrogen and oxygen atoms in total. The smallest absolute Gasteiger partial charge is 0.337 e. The molecule has 0 aliphatic carbocycles. The third-order valence-corrected chi connectivity index (χ3v) is 3.60. The molecule has 20 heavy (non-hydrogen) atoms. The van der Waals surface area contributed by atoms with Crippen molar-refractivity contribution in [2.45, 2.75) is 6.92 Å². The lowest BCUT2D eigenvalue weighted by Crippen LogP contribution is -1.96. The number of aromatic amines is 1. The number of benzene rings is 2. The van der Waals surface area contributed by atoms with Crippen LogP contribution in [0, 0.1) is 6.92 Å². The molecule has 0 amide bonds. The first-order valence-electron chi connectivity index (χ1n) is 6.05. The maximum absolute atomic E-state index is 11.2. The normalized spacial score (nSPS) is 10.9. The molecule has 0 unspecified atom stereocenters. The lowest BCUT2D eigenvalue weighted by molar-refractivity contribution is 0.0699. The summed E-state index contributed by atoms with van der Waals surface area (Å²) in [5.41, 5.74) is 3.14. The first-order chi connectivity index (χ1) is 9.56. The molecule has 1 heterocycles. The summed E-state index contributed by atoms with van der Waals surface area (Å²) >= 11 is 6.11. The maximum atomic E-state index is 11.2. The van der Waals surface area contributed by atoms with Crippen LogP contribution in [0.5, 0.6) is 0 Å². The van der Waals surface area contributed by atoms with E-state index in [4.69, 9.17) is 16.7 Å². The van der Waals surface area contributed by atoms with E-state index in [1.54, 1.807) is 12.1 Å². The van der Waals surface area contributed by atoms with Crippen molar-refractivity contribution < 1.29 is 9.90 Å². The minimum Gasteiger partial charge on any atom is -0.478 e. The molecule has 1 aromatic heterocycles. The van der Waals surface area contributed by atoms with Crippen molar-refractivity contribution >= 4 is 28.6 Å². The second-order valence-electron chi connectivity index (χ2n) is 4.56. The fraction of sp³-hybridized carbons (Fsp3) is 0.0667. The number of carboxylic acids is 1. The SMILES string of the molecule is Cc1ccc(-c2nc3c(C(=O)O)cccc3[nH]2)cc1Cl. The molecule has 3 rings (SSSR count). The van der Waals surface area contributed by atoms with E-state index in [0.29, 0.717) is 21.9 Å². The number of hydrogen-bond acceptors (Lipinski definition) is 2. The van der Waals surface area contributed by atoms with Gasteiger partial charge in [0.1, 0.15) is 11.3 Å². The van der Waals surface area contributed by atoms with E-state index in [9.17, 15) is 4.79 Å². The largest absolute Gasteiger partial charge is 0.478 e. The zero-order chi connectivity index (χ0) is 14.3. The van der Waals surface area contributed by atoms with Crippen molar-refractivity contribution in [3.05, 3.63) is 52.5 Å². The molecule has 0 radical (unpaired) electrons. The number of carboxylic acid groups (broad SMARTS) is 1. The Bertz CT molecular complexity index is 824. The average Bonchev–Trinajstić information content (AvgIpc) is 2.85. The summed E-state index contributed by atoms with van der Waals surface area (Å²) in [5.74, 6) is -0.383. The number of carbonyl (C=O) groups is 1. The van der Waals surface area contributed by atoms with Gasteiger partial charge in [-0.2, -0.15) is 0 Å². The quantitative estimate of drug-likeness (QED) is 0.751. The van der Waals surface area contributed by atoms with E-state index in [2.05, 4.69) is 9.97 Å². The van der Waals surface area contributed by atoms with Gasteiger partial charge in [0.2, 0.25) is 0 Å². The number of imidazole rings is 1. The number of aromatic nitrogens is 2. The Kier molecular flexibility index (Phi) is 2.95. The number of para-hydroxylation sites is 1. The molecule has 0 saturated heterocycles. The Morgan fingerprint density at radius 2 is 2.10 bits per heavy atom. The van der Waals surface area contributed by atoms with Gasteiger partial charge in [-0.3, -0.25) is 0 Å². The summed E-state index contributed by atoms with van der Waals surface area (Å²) in [5, 5.41) is 9.82. The third kappa shape index (κ3) is 2.04. The van der Waals surface area contributed by atoms with Gasteiger partial charge in [0.15, 0.2) is 0 Å². The Labute approximate surface area is 120 Å². The monoisotopic (exact) mass is 286 g/mol. The van der Waals surface area contributed by atoms with Gasteiger partial charge in [-0.1, -0.05) is 29.8 Å². The second kappa shape index (κ2) is 4.65. The van der Waals surface area contributed by atoms with Crippen LogP contribution in [-0.4, -0.2) is 21.0 Å². The molecule has 0 fully saturated rings. The van der Waals surface area contributed by atoms with Crippen molar-refractivity contribution in [1.82, 2.24) is 9.97 Å². The molecule has 5 heteroatoms. The zero-order valence-corrected chi connectivity index (χ0v) is 11.4. The van der Waals surface area contributed by atoms with E-state index < -0.39 is 5.97 Å². The fourth-order valence-corrected chi connectivity index (χ4v) is 2.26. The van der Waals surface area contributed by atoms with Crippen molar-refractivity contribution in [2.24, 2.45) is 0 Å². The van der Waals surface area contributed by atoms with Gasteiger partial charge < -0.3 is 10.1 Å². The summed E-state index contributed by atoms with van der Waals surface area (Å²) < 4.78 is 0. The molecule has 0 bridgehead atoms. The Hall–Kier alpha value is -2.33. The van der Waals surface area contributed by atoms with Gasteiger partial charge in [0.05, 0.1) is 11.1 Å². The number of fused-ring (bicyclic) bond motifs is 1. The number of rotatable bonds is 2. The van der Waals surface area contributed by atoms with Gasteiger partial charge in [0.25, 0.3) is 0 Å². The molecule has 0 atom stereocenters. The number of hydrogen-bond donors (Lipinski definition) is 2. The second-order valence-corrected chi connectivity index (χ2v) is 4.96. The van der Waals surface area contributed by atoms with E-state index in [-0.39, 0.29) is 5.56 Å². The van der Waals surface area contributed by atoms with E-state index in [1.807, 2.05) is 25.1 Å². The van der Waals surface area contributed by atoms with Crippen LogP contribution in [0.25, 0.3) is 22.4 Å². The molecule has 2 N–H and O–H groups in total. The fourth-order valence-electron chi connectivity index (χ4n) is 2.08. The van der Waals surface area contributed by atoms with Crippen LogP contribution in [-0.2, 0) is 0 Å². The zero-order valence-electron chi connectivity index (χ0n) is 10.6. The molecule has 2 aromatic carbocycles. The van der Waals surface area contributed by atoms with Crippen LogP contribution in [0.15, 0.2) is 36.4 Å². The topological polar surface area (TPSA) is 66.0 Å². The summed E-state index contributed by atoms with van der Waals surface area (Å²) in [7, 11) is 0. The Balaban J connectivity index is 2.20. The Morgan fingerprint density at radius 3 is 2.80 bits per heavy atom. The van der Waals surface area contributed by atoms with Gasteiger partial charge in [0, 0.05) is 10.6 Å². The number of aryl methyl sites for hydroxylation is 1. The molecule has 3 aromatic rings. The molecule has 0 spiro atoms. The number of aromatic carboxylic acids is 1. The molecule has 0 saturated carbocycles. The highest BCUT2D eigenvalue weighted by Crippen LogP contribution is 2.26. The van der Waals surface area contributed by atoms with Crippen molar-refractivity contribution in [1.29, 1.82) is 0 Å². The highest BCUT2D eigenvalue weighted by molar-refractivity contribution is 6.31. The predicted octanol–water partition coefficient (Wildman–Crippen LogP) is 3.89. The Morgan fingerprint density at radius 1 is 1.30 bits per heavy atom. The lowest BCUT2D eigenvalue weighted by Gasteiger charge is -2.00. The van der Waals surface area contributed by atoms with Crippen molar-refractivity contribution in [3.63, 3.8) is 0 Å². The maximum Gasteiger partial charge on any atom is 0.337 e. The summed E-state index contributed by atoms with van der Waals surface area (Å²) in [6.45, 7) is 1.92. The van der Waals surface area contributed by atoms with Crippen molar-refractivity contribution in [2.75, 3.05) is 0 Å². The number of H-pyrrole nitrogens is 1. The molecular weight excluding hydrogens is 276 g/mol. The number of nitrogens with zero attached hydrogens (tertiary/aromatic N) is 1. The highest BCUT2D eigenvalue weighted by atomic mass is 35.5. The summed E-state index contributed by atoms with van der Waals surface area (Å²) in [6, 6.07) is 10.7. The van der Waals surface area contributed by atoms with Gasteiger partial charge >= 0.3 is 5.97 Å². The first kappa shape index (κ1) is 12.7. The van der Waals surface area contributed by atoms with Crippen LogP contribution in [0.1, 0.15) is 15.9 Å². The van der Waals surface area contributed by atoms with Crippen LogP contribution < -0.4 is 0 Å². The van der Waals surface area contributed by atoms with E-state index in [0.717, 1.165) is 11.1 Å². The van der Waals surface area contributed by atoms with E-state index >= 15 is 0 Å². The summed E-state index contributed by atoms with van der Waals surface area (Å²) in [6.07, 6.45) is 0. The number of halogens is 1. The van der Waals surface area contributed by atoms with Crippen molar-refractivity contribution in [3.8, 4) is 11.4 Å². The summed E-state index contributed by atoms with van der Waals surface area (Å²) in [4.78, 5) is 18.7.